The topological polar surface area (TPSA) is 98.7 Å². The van der Waals surface area contributed by atoms with Gasteiger partial charge in [0.25, 0.3) is 0 Å². The minimum absolute atomic E-state index is 0.240. The number of carbonyl (C=O) groups is 3. The second kappa shape index (κ2) is 13.9. The Hall–Kier alpha value is -2.22. The van der Waals surface area contributed by atoms with Crippen molar-refractivity contribution in [1.82, 2.24) is 15.5 Å². The summed E-state index contributed by atoms with van der Waals surface area (Å²) < 4.78 is 0. The molecule has 0 spiro atoms. The maximum atomic E-state index is 12.0. The summed E-state index contributed by atoms with van der Waals surface area (Å²) in [5.74, 6) is -0.187. The number of imide groups is 1. The van der Waals surface area contributed by atoms with Crippen molar-refractivity contribution in [2.75, 3.05) is 24.6 Å². The molecule has 4 amide bonds. The van der Waals surface area contributed by atoms with Crippen LogP contribution < -0.4 is 10.6 Å². The summed E-state index contributed by atoms with van der Waals surface area (Å²) in [4.78, 5) is 35.9. The van der Waals surface area contributed by atoms with Crippen LogP contribution in [0.25, 0.3) is 0 Å². The van der Waals surface area contributed by atoms with Crippen LogP contribution in [0.1, 0.15) is 53.4 Å². The van der Waals surface area contributed by atoms with Gasteiger partial charge in [-0.2, -0.15) is 11.8 Å². The van der Waals surface area contributed by atoms with Gasteiger partial charge in [0.05, 0.1) is 0 Å². The first-order valence-corrected chi connectivity index (χ1v) is 11.5. The Bertz CT molecular complexity index is 696. The molecule has 1 atom stereocenters. The molecule has 30 heavy (non-hydrogen) atoms. The Morgan fingerprint density at radius 2 is 1.77 bits per heavy atom. The van der Waals surface area contributed by atoms with Gasteiger partial charge in [-0.1, -0.05) is 34.9 Å². The minimum Gasteiger partial charge on any atom is -0.480 e. The van der Waals surface area contributed by atoms with Crippen LogP contribution in [0.2, 0.25) is 0 Å². The molecule has 0 aromatic carbocycles. The van der Waals surface area contributed by atoms with Crippen molar-refractivity contribution in [2.24, 2.45) is 0 Å². The molecule has 7 nitrogen and oxygen atoms in total. The number of allylic oxidation sites excluding steroid dienone is 5. The third-order valence-electron chi connectivity index (χ3n) is 4.65. The molecule has 1 fully saturated rings. The SMILES string of the molecule is CC(C)=CCCC(C)=CCCC(C)=CCSC[C@H](NC(=O)N1CCNC1=O)C(=O)O. The molecule has 1 rings (SSSR count). The monoisotopic (exact) mass is 437 g/mol. The van der Waals surface area contributed by atoms with E-state index in [2.05, 4.69) is 56.6 Å². The molecule has 1 heterocycles. The van der Waals surface area contributed by atoms with Gasteiger partial charge in [0.1, 0.15) is 6.04 Å². The lowest BCUT2D eigenvalue weighted by molar-refractivity contribution is -0.138. The average molecular weight is 438 g/mol. The number of hydrogen-bond acceptors (Lipinski definition) is 4. The Labute approximate surface area is 184 Å². The summed E-state index contributed by atoms with van der Waals surface area (Å²) in [6.45, 7) is 9.10. The molecule has 1 aliphatic heterocycles. The van der Waals surface area contributed by atoms with Gasteiger partial charge in [-0.25, -0.2) is 19.3 Å². The number of carbonyl (C=O) groups excluding carboxylic acids is 2. The van der Waals surface area contributed by atoms with Gasteiger partial charge in [-0.3, -0.25) is 0 Å². The lowest BCUT2D eigenvalue weighted by atomic mass is 10.1. The number of nitrogens with one attached hydrogen (secondary N) is 2. The standard InChI is InChI=1S/C22H35N3O4S/c1-16(2)7-5-8-17(3)9-6-10-18(4)11-14-30-15-19(20(26)27)24-22(29)25-13-12-23-21(25)28/h7,9,11,19H,5-6,8,10,12-15H2,1-4H3,(H,23,28)(H,24,29)(H,26,27)/t19-/m0/s1. The summed E-state index contributed by atoms with van der Waals surface area (Å²) in [6.07, 6.45) is 10.8. The number of nitrogens with zero attached hydrogens (tertiary/aromatic N) is 1. The fourth-order valence-corrected chi connectivity index (χ4v) is 3.79. The minimum atomic E-state index is -1.11. The van der Waals surface area contributed by atoms with E-state index in [0.29, 0.717) is 12.3 Å². The zero-order valence-electron chi connectivity index (χ0n) is 18.5. The average Bonchev–Trinajstić information content (AvgIpc) is 3.09. The molecule has 8 heteroatoms. The highest BCUT2D eigenvalue weighted by Gasteiger charge is 2.29. The van der Waals surface area contributed by atoms with Crippen molar-refractivity contribution in [2.45, 2.75) is 59.4 Å². The van der Waals surface area contributed by atoms with E-state index in [1.807, 2.05) is 0 Å². The quantitative estimate of drug-likeness (QED) is 0.312. The predicted molar refractivity (Wildman–Crippen MR) is 123 cm³/mol. The molecule has 1 saturated heterocycles. The van der Waals surface area contributed by atoms with Crippen molar-refractivity contribution in [3.05, 3.63) is 34.9 Å². The lowest BCUT2D eigenvalue weighted by Crippen LogP contribution is -2.50. The number of carboxylic acid groups (broad SMARTS) is 1. The molecule has 3 N–H and O–H groups in total. The first kappa shape index (κ1) is 25.8. The zero-order chi connectivity index (χ0) is 22.5. The summed E-state index contributed by atoms with van der Waals surface area (Å²) in [6, 6.07) is -2.20. The van der Waals surface area contributed by atoms with Crippen molar-refractivity contribution in [1.29, 1.82) is 0 Å². The Balaban J connectivity index is 2.33. The van der Waals surface area contributed by atoms with E-state index in [9.17, 15) is 19.5 Å². The van der Waals surface area contributed by atoms with E-state index < -0.39 is 24.1 Å². The van der Waals surface area contributed by atoms with Crippen molar-refractivity contribution >= 4 is 29.8 Å². The molecular formula is C22H35N3O4S. The van der Waals surface area contributed by atoms with Gasteiger partial charge in [0.15, 0.2) is 0 Å². The Morgan fingerprint density at radius 3 is 2.33 bits per heavy atom. The summed E-state index contributed by atoms with van der Waals surface area (Å²) >= 11 is 1.44. The highest BCUT2D eigenvalue weighted by atomic mass is 32.2. The fraction of sp³-hybridized carbons (Fsp3) is 0.591. The maximum Gasteiger partial charge on any atom is 0.327 e. The Morgan fingerprint density at radius 1 is 1.13 bits per heavy atom. The highest BCUT2D eigenvalue weighted by Crippen LogP contribution is 2.13. The normalized spacial score (nSPS) is 15.6. The summed E-state index contributed by atoms with van der Waals surface area (Å²) in [5, 5.41) is 14.3. The van der Waals surface area contributed by atoms with Gasteiger partial charge >= 0.3 is 18.0 Å². The maximum absolute atomic E-state index is 12.0. The van der Waals surface area contributed by atoms with Gasteiger partial charge < -0.3 is 15.7 Å². The molecule has 0 saturated carbocycles. The Kier molecular flexibility index (Phi) is 12.0. The number of aliphatic carboxylic acids is 1. The van der Waals surface area contributed by atoms with Crippen LogP contribution in [0, 0.1) is 0 Å². The number of urea groups is 2. The molecule has 0 bridgehead atoms. The van der Waals surface area contributed by atoms with Crippen LogP contribution in [-0.2, 0) is 4.79 Å². The van der Waals surface area contributed by atoms with Crippen molar-refractivity contribution in [3.63, 3.8) is 0 Å². The number of amides is 4. The smallest absolute Gasteiger partial charge is 0.327 e. The van der Waals surface area contributed by atoms with Crippen LogP contribution in [0.4, 0.5) is 9.59 Å². The third kappa shape index (κ3) is 10.5. The number of hydrogen-bond donors (Lipinski definition) is 3. The molecule has 168 valence electrons. The fourth-order valence-electron chi connectivity index (χ4n) is 2.79. The number of thioether (sulfide) groups is 1. The lowest BCUT2D eigenvalue weighted by Gasteiger charge is -2.18. The second-order valence-corrected chi connectivity index (χ2v) is 8.80. The first-order valence-electron chi connectivity index (χ1n) is 10.3. The van der Waals surface area contributed by atoms with Gasteiger partial charge in [0, 0.05) is 24.6 Å². The molecule has 0 unspecified atom stereocenters. The van der Waals surface area contributed by atoms with Crippen LogP contribution in [0.15, 0.2) is 34.9 Å². The predicted octanol–water partition coefficient (Wildman–Crippen LogP) is 4.33. The third-order valence-corrected chi connectivity index (χ3v) is 5.63. The number of rotatable bonds is 12. The van der Waals surface area contributed by atoms with Crippen molar-refractivity contribution < 1.29 is 19.5 Å². The molecule has 0 aromatic rings. The van der Waals surface area contributed by atoms with Crippen LogP contribution >= 0.6 is 11.8 Å². The van der Waals surface area contributed by atoms with E-state index in [1.165, 1.54) is 28.5 Å². The van der Waals surface area contributed by atoms with Gasteiger partial charge in [0.2, 0.25) is 0 Å². The van der Waals surface area contributed by atoms with Crippen LogP contribution in [0.3, 0.4) is 0 Å². The van der Waals surface area contributed by atoms with Crippen LogP contribution in [0.5, 0.6) is 0 Å². The van der Waals surface area contributed by atoms with E-state index in [-0.39, 0.29) is 12.3 Å². The van der Waals surface area contributed by atoms with Crippen molar-refractivity contribution in [3.8, 4) is 0 Å². The number of carboxylic acids is 1. The van der Waals surface area contributed by atoms with Gasteiger partial charge in [-0.05, 0) is 53.4 Å². The molecule has 1 aliphatic rings. The van der Waals surface area contributed by atoms with Gasteiger partial charge in [-0.15, -0.1) is 0 Å². The van der Waals surface area contributed by atoms with E-state index >= 15 is 0 Å². The summed E-state index contributed by atoms with van der Waals surface area (Å²) in [5.41, 5.74) is 4.02. The highest BCUT2D eigenvalue weighted by molar-refractivity contribution is 7.99. The van der Waals surface area contributed by atoms with E-state index in [4.69, 9.17) is 0 Å². The molecule has 0 aromatic heterocycles. The molecule has 0 aliphatic carbocycles. The molecule has 0 radical (unpaired) electrons. The zero-order valence-corrected chi connectivity index (χ0v) is 19.3. The van der Waals surface area contributed by atoms with E-state index in [0.717, 1.165) is 30.6 Å². The largest absolute Gasteiger partial charge is 0.480 e. The summed E-state index contributed by atoms with van der Waals surface area (Å²) in [7, 11) is 0. The molecular weight excluding hydrogens is 402 g/mol. The van der Waals surface area contributed by atoms with Crippen LogP contribution in [-0.4, -0.2) is 58.7 Å². The second-order valence-electron chi connectivity index (χ2n) is 7.72. The first-order chi connectivity index (χ1) is 14.2. The van der Waals surface area contributed by atoms with E-state index in [1.54, 1.807) is 0 Å².